The van der Waals surface area contributed by atoms with Crippen molar-refractivity contribution < 1.29 is 0 Å². The third-order valence-electron chi connectivity index (χ3n) is 2.42. The van der Waals surface area contributed by atoms with E-state index in [1.54, 1.807) is 0 Å². The summed E-state index contributed by atoms with van der Waals surface area (Å²) >= 11 is 1.87. The molecular formula is C13H20N2S. The zero-order chi connectivity index (χ0) is 12.0. The summed E-state index contributed by atoms with van der Waals surface area (Å²) in [5.41, 5.74) is 1.40. The van der Waals surface area contributed by atoms with Crippen LogP contribution in [0.25, 0.3) is 0 Å². The molecule has 0 atom stereocenters. The van der Waals surface area contributed by atoms with Gasteiger partial charge in [-0.15, -0.1) is 17.8 Å². The highest BCUT2D eigenvalue weighted by molar-refractivity contribution is 7.12. The second kappa shape index (κ2) is 6.70. The molecule has 0 aliphatic carbocycles. The van der Waals surface area contributed by atoms with E-state index in [1.165, 1.54) is 15.3 Å². The Labute approximate surface area is 103 Å². The fraction of sp³-hybridized carbons (Fsp3) is 0.538. The normalized spacial score (nSPS) is 10.7. The van der Waals surface area contributed by atoms with E-state index in [-0.39, 0.29) is 0 Å². The number of hydrogen-bond donors (Lipinski definition) is 1. The Bertz CT molecular complexity index is 362. The summed E-state index contributed by atoms with van der Waals surface area (Å²) in [4.78, 5) is 4.96. The van der Waals surface area contributed by atoms with Gasteiger partial charge in [0.1, 0.15) is 0 Å². The van der Waals surface area contributed by atoms with E-state index in [9.17, 15) is 0 Å². The molecule has 1 N–H and O–H groups in total. The van der Waals surface area contributed by atoms with E-state index < -0.39 is 0 Å². The quantitative estimate of drug-likeness (QED) is 0.762. The zero-order valence-corrected chi connectivity index (χ0v) is 11.2. The van der Waals surface area contributed by atoms with Crippen molar-refractivity contribution in [1.29, 1.82) is 0 Å². The van der Waals surface area contributed by atoms with Gasteiger partial charge in [-0.05, 0) is 32.1 Å². The van der Waals surface area contributed by atoms with Gasteiger partial charge in [0.25, 0.3) is 0 Å². The van der Waals surface area contributed by atoms with Crippen LogP contribution in [0.3, 0.4) is 0 Å². The minimum Gasteiger partial charge on any atom is -0.312 e. The third-order valence-corrected chi connectivity index (χ3v) is 3.52. The van der Waals surface area contributed by atoms with E-state index in [4.69, 9.17) is 6.42 Å². The van der Waals surface area contributed by atoms with Crippen molar-refractivity contribution in [2.24, 2.45) is 0 Å². The summed E-state index contributed by atoms with van der Waals surface area (Å²) in [6.45, 7) is 7.95. The smallest absolute Gasteiger partial charge is 0.0599 e. The minimum absolute atomic E-state index is 0.706. The zero-order valence-electron chi connectivity index (χ0n) is 10.3. The Morgan fingerprint density at radius 1 is 1.56 bits per heavy atom. The van der Waals surface area contributed by atoms with Crippen molar-refractivity contribution in [3.8, 4) is 12.3 Å². The molecule has 0 amide bonds. The molecule has 3 heteroatoms. The van der Waals surface area contributed by atoms with Gasteiger partial charge in [0.2, 0.25) is 0 Å². The maximum Gasteiger partial charge on any atom is 0.0599 e. The molecule has 1 heterocycles. The lowest BCUT2D eigenvalue weighted by atomic mass is 10.2. The van der Waals surface area contributed by atoms with Gasteiger partial charge >= 0.3 is 0 Å². The standard InChI is InChI=1S/C13H20N2S/c1-5-7-15(4)10-12-8-13(9-14-6-2)16-11(12)3/h1,8,14H,6-7,9-10H2,2-4H3. The largest absolute Gasteiger partial charge is 0.312 e. The molecule has 0 aliphatic heterocycles. The summed E-state index contributed by atoms with van der Waals surface area (Å²) in [5.74, 6) is 2.67. The molecule has 0 aromatic carbocycles. The molecule has 0 saturated heterocycles. The predicted molar refractivity (Wildman–Crippen MR) is 71.6 cm³/mol. The SMILES string of the molecule is C#CCN(C)Cc1cc(CNCC)sc1C. The Morgan fingerprint density at radius 2 is 2.31 bits per heavy atom. The minimum atomic E-state index is 0.706. The molecule has 0 unspecified atom stereocenters. The number of nitrogens with zero attached hydrogens (tertiary/aromatic N) is 1. The Morgan fingerprint density at radius 3 is 2.94 bits per heavy atom. The molecule has 0 aliphatic rings. The molecule has 0 bridgehead atoms. The number of terminal acetylenes is 1. The molecule has 88 valence electrons. The fourth-order valence-electron chi connectivity index (χ4n) is 1.58. The molecule has 1 aromatic rings. The van der Waals surface area contributed by atoms with Gasteiger partial charge in [-0.25, -0.2) is 0 Å². The van der Waals surface area contributed by atoms with Crippen LogP contribution >= 0.6 is 11.3 Å². The van der Waals surface area contributed by atoms with Gasteiger partial charge in [0, 0.05) is 22.8 Å². The van der Waals surface area contributed by atoms with E-state index in [0.29, 0.717) is 6.54 Å². The first-order valence-electron chi connectivity index (χ1n) is 5.58. The van der Waals surface area contributed by atoms with Gasteiger partial charge in [-0.2, -0.15) is 0 Å². The van der Waals surface area contributed by atoms with Crippen LogP contribution in [0.4, 0.5) is 0 Å². The highest BCUT2D eigenvalue weighted by atomic mass is 32.1. The Kier molecular flexibility index (Phi) is 5.54. The third kappa shape index (κ3) is 3.97. The molecule has 16 heavy (non-hydrogen) atoms. The maximum atomic E-state index is 5.29. The molecule has 1 rings (SSSR count). The van der Waals surface area contributed by atoms with Crippen LogP contribution in [0.15, 0.2) is 6.07 Å². The average Bonchev–Trinajstić information content (AvgIpc) is 2.57. The summed E-state index contributed by atoms with van der Waals surface area (Å²) in [7, 11) is 2.06. The van der Waals surface area contributed by atoms with Gasteiger partial charge in [0.05, 0.1) is 6.54 Å². The predicted octanol–water partition coefficient (Wildman–Crippen LogP) is 2.23. The number of thiophene rings is 1. The Hall–Kier alpha value is -0.820. The van der Waals surface area contributed by atoms with Gasteiger partial charge in [-0.1, -0.05) is 12.8 Å². The number of rotatable bonds is 6. The first kappa shape index (κ1) is 13.2. The van der Waals surface area contributed by atoms with E-state index >= 15 is 0 Å². The van der Waals surface area contributed by atoms with Crippen LogP contribution in [-0.2, 0) is 13.1 Å². The molecular weight excluding hydrogens is 216 g/mol. The number of aryl methyl sites for hydroxylation is 1. The molecule has 1 aromatic heterocycles. The van der Waals surface area contributed by atoms with Crippen LogP contribution < -0.4 is 5.32 Å². The van der Waals surface area contributed by atoms with Gasteiger partial charge in [0.15, 0.2) is 0 Å². The average molecular weight is 236 g/mol. The van der Waals surface area contributed by atoms with E-state index in [2.05, 4.69) is 43.1 Å². The highest BCUT2D eigenvalue weighted by Crippen LogP contribution is 2.22. The van der Waals surface area contributed by atoms with Crippen LogP contribution in [0.5, 0.6) is 0 Å². The summed E-state index contributed by atoms with van der Waals surface area (Å²) in [5, 5.41) is 3.35. The van der Waals surface area contributed by atoms with E-state index in [0.717, 1.165) is 19.6 Å². The topological polar surface area (TPSA) is 15.3 Å². The summed E-state index contributed by atoms with van der Waals surface area (Å²) in [6, 6.07) is 2.29. The van der Waals surface area contributed by atoms with Crippen molar-refractivity contribution >= 4 is 11.3 Å². The molecule has 2 nitrogen and oxygen atoms in total. The second-order valence-corrected chi connectivity index (χ2v) is 5.29. The maximum absolute atomic E-state index is 5.29. The highest BCUT2D eigenvalue weighted by Gasteiger charge is 2.07. The molecule has 0 radical (unpaired) electrons. The molecule has 0 spiro atoms. The van der Waals surface area contributed by atoms with Crippen molar-refractivity contribution in [3.63, 3.8) is 0 Å². The summed E-state index contributed by atoms with van der Waals surface area (Å²) < 4.78 is 0. The first-order chi connectivity index (χ1) is 7.67. The molecule has 0 fully saturated rings. The van der Waals surface area contributed by atoms with Gasteiger partial charge in [-0.3, -0.25) is 4.90 Å². The van der Waals surface area contributed by atoms with Crippen LogP contribution in [0.1, 0.15) is 22.2 Å². The monoisotopic (exact) mass is 236 g/mol. The van der Waals surface area contributed by atoms with Gasteiger partial charge < -0.3 is 5.32 Å². The fourth-order valence-corrected chi connectivity index (χ4v) is 2.61. The summed E-state index contributed by atoms with van der Waals surface area (Å²) in [6.07, 6.45) is 5.29. The van der Waals surface area contributed by atoms with E-state index in [1.807, 2.05) is 11.3 Å². The lowest BCUT2D eigenvalue weighted by Gasteiger charge is -2.12. The van der Waals surface area contributed by atoms with Crippen molar-refractivity contribution in [3.05, 3.63) is 21.4 Å². The van der Waals surface area contributed by atoms with Crippen molar-refractivity contribution in [2.75, 3.05) is 20.1 Å². The lowest BCUT2D eigenvalue weighted by molar-refractivity contribution is 0.369. The molecule has 0 saturated carbocycles. The Balaban J connectivity index is 2.59. The number of hydrogen-bond acceptors (Lipinski definition) is 3. The number of nitrogens with one attached hydrogen (secondary N) is 1. The van der Waals surface area contributed by atoms with Crippen molar-refractivity contribution in [2.45, 2.75) is 26.9 Å². The van der Waals surface area contributed by atoms with Crippen LogP contribution in [-0.4, -0.2) is 25.0 Å². The van der Waals surface area contributed by atoms with Crippen molar-refractivity contribution in [1.82, 2.24) is 10.2 Å². The van der Waals surface area contributed by atoms with Crippen LogP contribution in [0, 0.1) is 19.3 Å². The first-order valence-corrected chi connectivity index (χ1v) is 6.40. The lowest BCUT2D eigenvalue weighted by Crippen LogP contribution is -2.17. The van der Waals surface area contributed by atoms with Crippen LogP contribution in [0.2, 0.25) is 0 Å². The second-order valence-electron chi connectivity index (χ2n) is 3.95.